The van der Waals surface area contributed by atoms with Crippen LogP contribution in [0.25, 0.3) is 0 Å². The molecule has 0 saturated heterocycles. The lowest BCUT2D eigenvalue weighted by Gasteiger charge is -2.20. The van der Waals surface area contributed by atoms with E-state index in [1.54, 1.807) is 0 Å². The number of rotatable bonds is 46. The van der Waals surface area contributed by atoms with E-state index in [0.717, 1.165) is 83.5 Å². The number of ether oxygens (including phenoxy) is 2. The van der Waals surface area contributed by atoms with E-state index in [4.69, 9.17) is 24.3 Å². The summed E-state index contributed by atoms with van der Waals surface area (Å²) in [5.74, 6) is -0.344. The van der Waals surface area contributed by atoms with Gasteiger partial charge in [-0.05, 0) is 89.9 Å². The Morgan fingerprint density at radius 2 is 0.918 bits per heavy atom. The second-order valence-electron chi connectivity index (χ2n) is 15.9. The minimum absolute atomic E-state index is 0.0920. The Bertz CT molecular complexity index is 1210. The molecule has 0 bridgehead atoms. The van der Waals surface area contributed by atoms with Crippen molar-refractivity contribution >= 4 is 13.8 Å². The van der Waals surface area contributed by atoms with Crippen LogP contribution in [0.5, 0.6) is 0 Å². The summed E-state index contributed by atoms with van der Waals surface area (Å²) in [5, 5.41) is 0. The van der Waals surface area contributed by atoms with Gasteiger partial charge in [-0.15, -0.1) is 0 Å². The molecule has 0 fully saturated rings. The molecule has 0 rings (SSSR count). The van der Waals surface area contributed by atoms with Gasteiger partial charge in [0.25, 0.3) is 0 Å². The Hall–Kier alpha value is -2.32. The van der Waals surface area contributed by atoms with Crippen LogP contribution in [-0.4, -0.2) is 49.9 Å². The summed E-state index contributed by atoms with van der Waals surface area (Å²) in [6, 6.07) is 0. The number of esters is 1. The van der Waals surface area contributed by atoms with E-state index >= 15 is 0 Å². The van der Waals surface area contributed by atoms with Crippen molar-refractivity contribution in [2.75, 3.05) is 33.0 Å². The maximum Gasteiger partial charge on any atom is 0.472 e. The smallest absolute Gasteiger partial charge is 0.457 e. The molecule has 0 aliphatic rings. The summed E-state index contributed by atoms with van der Waals surface area (Å²) in [6.07, 6.45) is 63.2. The number of unbranched alkanes of at least 4 members (excludes halogenated alkanes) is 19. The maximum atomic E-state index is 12.6. The molecule has 352 valence electrons. The molecule has 9 heteroatoms. The third-order valence-electron chi connectivity index (χ3n) is 10.0. The summed E-state index contributed by atoms with van der Waals surface area (Å²) in [5.41, 5.74) is 5.38. The zero-order valence-electron chi connectivity index (χ0n) is 39.1. The van der Waals surface area contributed by atoms with Crippen LogP contribution in [0.15, 0.2) is 85.1 Å². The first-order valence-corrected chi connectivity index (χ1v) is 26.1. The predicted molar refractivity (Wildman–Crippen MR) is 261 cm³/mol. The van der Waals surface area contributed by atoms with Crippen LogP contribution in [0.1, 0.15) is 200 Å². The molecule has 2 unspecified atom stereocenters. The predicted octanol–water partition coefficient (Wildman–Crippen LogP) is 15.3. The van der Waals surface area contributed by atoms with Gasteiger partial charge in [0.1, 0.15) is 6.10 Å². The fraction of sp³-hybridized carbons (Fsp3) is 0.712. The average Bonchev–Trinajstić information content (AvgIpc) is 3.25. The lowest BCUT2D eigenvalue weighted by molar-refractivity contribution is -0.154. The van der Waals surface area contributed by atoms with Crippen molar-refractivity contribution < 1.29 is 32.8 Å². The monoisotopic (exact) mass is 874 g/mol. The van der Waals surface area contributed by atoms with Crippen molar-refractivity contribution in [2.45, 2.75) is 206 Å². The average molecular weight is 874 g/mol. The van der Waals surface area contributed by atoms with Gasteiger partial charge in [-0.3, -0.25) is 13.8 Å². The normalized spacial score (nSPS) is 14.1. The van der Waals surface area contributed by atoms with E-state index < -0.39 is 13.9 Å². The molecule has 0 heterocycles. The number of carbonyl (C=O) groups excluding carboxylic acids is 1. The molecule has 0 spiro atoms. The molecule has 0 aliphatic carbocycles. The fourth-order valence-electron chi connectivity index (χ4n) is 6.47. The molecular formula is C52H92NO7P. The molecule has 2 atom stereocenters. The third-order valence-corrected chi connectivity index (χ3v) is 11.0. The number of allylic oxidation sites excluding steroid dienone is 14. The fourth-order valence-corrected chi connectivity index (χ4v) is 7.23. The van der Waals surface area contributed by atoms with Gasteiger partial charge in [-0.25, -0.2) is 4.57 Å². The highest BCUT2D eigenvalue weighted by Crippen LogP contribution is 2.43. The van der Waals surface area contributed by atoms with Gasteiger partial charge in [0.2, 0.25) is 0 Å². The van der Waals surface area contributed by atoms with Crippen LogP contribution in [0.4, 0.5) is 0 Å². The Kier molecular flexibility index (Phi) is 46.9. The molecule has 0 aromatic heterocycles. The number of phosphoric ester groups is 1. The van der Waals surface area contributed by atoms with Gasteiger partial charge in [0.05, 0.1) is 19.8 Å². The number of hydrogen-bond acceptors (Lipinski definition) is 7. The molecule has 0 radical (unpaired) electrons. The SMILES string of the molecule is CC/C=C\C/C=C\C/C=C\C/C=C\C/C=C\C/C=C\CCCCCCCOCC(COP(=O)(O)OCCN)OC(=O)CCCCCCCCC/C=C\CCCCCCCCC. The second kappa shape index (κ2) is 48.7. The van der Waals surface area contributed by atoms with Crippen LogP contribution in [0.2, 0.25) is 0 Å². The van der Waals surface area contributed by atoms with Crippen molar-refractivity contribution in [1.82, 2.24) is 0 Å². The van der Waals surface area contributed by atoms with E-state index in [0.29, 0.717) is 13.0 Å². The van der Waals surface area contributed by atoms with Gasteiger partial charge in [-0.2, -0.15) is 0 Å². The van der Waals surface area contributed by atoms with Gasteiger partial charge >= 0.3 is 13.8 Å². The minimum atomic E-state index is -4.29. The molecule has 0 aromatic rings. The second-order valence-corrected chi connectivity index (χ2v) is 17.4. The molecule has 0 saturated carbocycles. The van der Waals surface area contributed by atoms with Gasteiger partial charge in [0, 0.05) is 19.6 Å². The van der Waals surface area contributed by atoms with Gasteiger partial charge < -0.3 is 20.1 Å². The molecule has 0 amide bonds. The highest BCUT2D eigenvalue weighted by molar-refractivity contribution is 7.47. The zero-order chi connectivity index (χ0) is 44.4. The van der Waals surface area contributed by atoms with Crippen molar-refractivity contribution in [3.63, 3.8) is 0 Å². The van der Waals surface area contributed by atoms with Crippen LogP contribution in [-0.2, 0) is 27.9 Å². The molecule has 0 aliphatic heterocycles. The van der Waals surface area contributed by atoms with Gasteiger partial charge in [0.15, 0.2) is 0 Å². The van der Waals surface area contributed by atoms with E-state index in [1.165, 1.54) is 96.3 Å². The minimum Gasteiger partial charge on any atom is -0.457 e. The first-order chi connectivity index (χ1) is 29.9. The van der Waals surface area contributed by atoms with Crippen molar-refractivity contribution in [2.24, 2.45) is 5.73 Å². The quantitative estimate of drug-likeness (QED) is 0.0269. The Labute approximate surface area is 375 Å². The molecular weight excluding hydrogens is 782 g/mol. The maximum absolute atomic E-state index is 12.6. The largest absolute Gasteiger partial charge is 0.472 e. The van der Waals surface area contributed by atoms with Gasteiger partial charge in [-0.1, -0.05) is 189 Å². The first kappa shape index (κ1) is 58.7. The lowest BCUT2D eigenvalue weighted by Crippen LogP contribution is -2.28. The summed E-state index contributed by atoms with van der Waals surface area (Å²) in [7, 11) is -4.29. The van der Waals surface area contributed by atoms with Crippen LogP contribution >= 0.6 is 7.82 Å². The summed E-state index contributed by atoms with van der Waals surface area (Å²) in [4.78, 5) is 22.6. The highest BCUT2D eigenvalue weighted by atomic mass is 31.2. The lowest BCUT2D eigenvalue weighted by atomic mass is 10.1. The van der Waals surface area contributed by atoms with Crippen molar-refractivity contribution in [3.8, 4) is 0 Å². The highest BCUT2D eigenvalue weighted by Gasteiger charge is 2.25. The summed E-state index contributed by atoms with van der Waals surface area (Å²) < 4.78 is 33.5. The van der Waals surface area contributed by atoms with Crippen molar-refractivity contribution in [3.05, 3.63) is 85.1 Å². The summed E-state index contributed by atoms with van der Waals surface area (Å²) >= 11 is 0. The Balaban J connectivity index is 4.05. The van der Waals surface area contributed by atoms with E-state index in [1.807, 2.05) is 0 Å². The standard InChI is InChI=1S/C52H92NO7P/c1-3-5-7-9-11-13-15-17-19-21-23-24-25-26-27-28-30-32-34-36-38-40-42-44-47-57-49-51(50-59-61(55,56)58-48-46-53)60-52(54)45-43-41-39-37-35-33-31-29-22-20-18-16-14-12-10-8-6-4-2/h5,7,11,13,17,19-20,22-24,26-27,30,32,51H,3-4,6,8-10,12,14-16,18,21,25,28-29,31,33-50,53H2,1-2H3,(H,55,56)/b7-5-,13-11-,19-17-,22-20-,24-23-,27-26-,32-30-. The molecule has 0 aromatic carbocycles. The molecule has 8 nitrogen and oxygen atoms in total. The van der Waals surface area contributed by atoms with Crippen LogP contribution in [0, 0.1) is 0 Å². The third kappa shape index (κ3) is 48.6. The summed E-state index contributed by atoms with van der Waals surface area (Å²) in [6.45, 7) is 4.75. The molecule has 61 heavy (non-hydrogen) atoms. The van der Waals surface area contributed by atoms with Crippen molar-refractivity contribution in [1.29, 1.82) is 0 Å². The van der Waals surface area contributed by atoms with E-state index in [-0.39, 0.29) is 32.3 Å². The molecule has 3 N–H and O–H groups in total. The number of hydrogen-bond donors (Lipinski definition) is 2. The van der Waals surface area contributed by atoms with Crippen LogP contribution in [0.3, 0.4) is 0 Å². The van der Waals surface area contributed by atoms with E-state index in [9.17, 15) is 14.3 Å². The number of phosphoric acid groups is 1. The van der Waals surface area contributed by atoms with Crippen LogP contribution < -0.4 is 5.73 Å². The zero-order valence-corrected chi connectivity index (χ0v) is 40.0. The topological polar surface area (TPSA) is 117 Å². The number of carbonyl (C=O) groups is 1. The van der Waals surface area contributed by atoms with E-state index in [2.05, 4.69) is 98.9 Å². The Morgan fingerprint density at radius 3 is 1.39 bits per heavy atom. The Morgan fingerprint density at radius 1 is 0.508 bits per heavy atom. The first-order valence-electron chi connectivity index (χ1n) is 24.6. The number of nitrogens with two attached hydrogens (primary N) is 1.